The molecule has 0 aliphatic carbocycles. The maximum absolute atomic E-state index is 12.1. The lowest BCUT2D eigenvalue weighted by Crippen LogP contribution is -2.22. The van der Waals surface area contributed by atoms with Gasteiger partial charge in [-0.2, -0.15) is 5.10 Å². The molecule has 0 aliphatic rings. The molecular weight excluding hydrogens is 392 g/mol. The van der Waals surface area contributed by atoms with Gasteiger partial charge < -0.3 is 15.0 Å². The highest BCUT2D eigenvalue weighted by molar-refractivity contribution is 5.94. The van der Waals surface area contributed by atoms with Crippen molar-refractivity contribution in [2.24, 2.45) is 5.10 Å². The smallest absolute Gasteiger partial charge is 0.240 e. The molecular formula is C24H32N4O3. The first kappa shape index (κ1) is 23.9. The van der Waals surface area contributed by atoms with E-state index in [-0.39, 0.29) is 24.7 Å². The average molecular weight is 425 g/mol. The molecule has 31 heavy (non-hydrogen) atoms. The fourth-order valence-electron chi connectivity index (χ4n) is 3.15. The second-order valence-electron chi connectivity index (χ2n) is 7.19. The molecule has 0 bridgehead atoms. The van der Waals surface area contributed by atoms with Crippen LogP contribution in [-0.2, 0) is 9.59 Å². The third-order valence-electron chi connectivity index (χ3n) is 5.20. The predicted octanol–water partition coefficient (Wildman–Crippen LogP) is 4.03. The third kappa shape index (κ3) is 6.84. The highest BCUT2D eigenvalue weighted by Gasteiger charge is 2.10. The molecule has 2 aromatic carbocycles. The second-order valence-corrected chi connectivity index (χ2v) is 7.19. The number of aryl methyl sites for hydroxylation is 1. The third-order valence-corrected chi connectivity index (χ3v) is 5.20. The molecule has 0 fully saturated rings. The Bertz CT molecular complexity index is 936. The number of nitrogens with zero attached hydrogens (tertiary/aromatic N) is 2. The van der Waals surface area contributed by atoms with E-state index < -0.39 is 0 Å². The van der Waals surface area contributed by atoms with Gasteiger partial charge in [-0.3, -0.25) is 9.59 Å². The average Bonchev–Trinajstić information content (AvgIpc) is 2.77. The van der Waals surface area contributed by atoms with Crippen molar-refractivity contribution in [3.63, 3.8) is 0 Å². The number of hydrogen-bond acceptors (Lipinski definition) is 5. The largest absolute Gasteiger partial charge is 0.496 e. The topological polar surface area (TPSA) is 83.0 Å². The Balaban J connectivity index is 1.88. The number of hydrogen-bond donors (Lipinski definition) is 2. The normalized spacial score (nSPS) is 10.7. The van der Waals surface area contributed by atoms with Crippen LogP contribution >= 0.6 is 0 Å². The van der Waals surface area contributed by atoms with Gasteiger partial charge in [0.25, 0.3) is 0 Å². The van der Waals surface area contributed by atoms with Gasteiger partial charge in [0.05, 0.1) is 13.3 Å². The summed E-state index contributed by atoms with van der Waals surface area (Å²) < 4.78 is 5.45. The lowest BCUT2D eigenvalue weighted by molar-refractivity contribution is -0.124. The van der Waals surface area contributed by atoms with Gasteiger partial charge in [0.15, 0.2) is 0 Å². The van der Waals surface area contributed by atoms with Crippen molar-refractivity contribution in [1.82, 2.24) is 5.43 Å². The van der Waals surface area contributed by atoms with E-state index in [0.717, 1.165) is 41.2 Å². The summed E-state index contributed by atoms with van der Waals surface area (Å²) in [6.45, 7) is 9.95. The van der Waals surface area contributed by atoms with E-state index in [9.17, 15) is 9.59 Å². The van der Waals surface area contributed by atoms with Crippen LogP contribution in [0, 0.1) is 13.8 Å². The number of anilines is 2. The number of ether oxygens (including phenoxy) is 1. The predicted molar refractivity (Wildman–Crippen MR) is 126 cm³/mol. The van der Waals surface area contributed by atoms with Gasteiger partial charge >= 0.3 is 0 Å². The van der Waals surface area contributed by atoms with Crippen molar-refractivity contribution < 1.29 is 14.3 Å². The molecule has 0 saturated carbocycles. The van der Waals surface area contributed by atoms with E-state index in [2.05, 4.69) is 34.6 Å². The molecule has 0 aliphatic heterocycles. The molecule has 2 N–H and O–H groups in total. The molecule has 7 heteroatoms. The van der Waals surface area contributed by atoms with E-state index in [1.165, 1.54) is 0 Å². The van der Waals surface area contributed by atoms with E-state index in [4.69, 9.17) is 4.74 Å². The summed E-state index contributed by atoms with van der Waals surface area (Å²) in [5, 5.41) is 6.85. The maximum Gasteiger partial charge on any atom is 0.240 e. The van der Waals surface area contributed by atoms with Crippen LogP contribution in [0.25, 0.3) is 0 Å². The molecule has 2 rings (SSSR count). The molecule has 7 nitrogen and oxygen atoms in total. The Hall–Kier alpha value is -3.35. The lowest BCUT2D eigenvalue weighted by Gasteiger charge is -2.21. The monoisotopic (exact) mass is 424 g/mol. The van der Waals surface area contributed by atoms with Crippen LogP contribution in [0.3, 0.4) is 0 Å². The molecule has 0 saturated heterocycles. The summed E-state index contributed by atoms with van der Waals surface area (Å²) in [5.41, 5.74) is 7.18. The minimum atomic E-state index is -0.328. The van der Waals surface area contributed by atoms with Gasteiger partial charge in [-0.1, -0.05) is 12.1 Å². The Morgan fingerprint density at radius 3 is 2.45 bits per heavy atom. The Kier molecular flexibility index (Phi) is 9.06. The number of benzene rings is 2. The van der Waals surface area contributed by atoms with E-state index in [1.54, 1.807) is 13.3 Å². The molecule has 166 valence electrons. The zero-order valence-electron chi connectivity index (χ0n) is 19.0. The van der Waals surface area contributed by atoms with Gasteiger partial charge in [-0.05, 0) is 57.0 Å². The van der Waals surface area contributed by atoms with Crippen molar-refractivity contribution in [2.75, 3.05) is 30.4 Å². The second kappa shape index (κ2) is 11.7. The molecule has 0 aromatic heterocycles. The van der Waals surface area contributed by atoms with Gasteiger partial charge in [0.2, 0.25) is 11.8 Å². The van der Waals surface area contributed by atoms with Crippen molar-refractivity contribution in [3.8, 4) is 5.75 Å². The zero-order chi connectivity index (χ0) is 22.8. The van der Waals surface area contributed by atoms with E-state index >= 15 is 0 Å². The van der Waals surface area contributed by atoms with Crippen LogP contribution in [0.2, 0.25) is 0 Å². The van der Waals surface area contributed by atoms with Crippen LogP contribution < -0.4 is 20.4 Å². The fourth-order valence-corrected chi connectivity index (χ4v) is 3.15. The van der Waals surface area contributed by atoms with Crippen molar-refractivity contribution >= 4 is 29.4 Å². The Labute approximate surface area is 184 Å². The summed E-state index contributed by atoms with van der Waals surface area (Å²) in [6.07, 6.45) is 1.67. The van der Waals surface area contributed by atoms with Crippen LogP contribution in [0.4, 0.5) is 11.4 Å². The molecule has 0 heterocycles. The van der Waals surface area contributed by atoms with Gasteiger partial charge in [0.1, 0.15) is 5.75 Å². The van der Waals surface area contributed by atoms with E-state index in [1.807, 2.05) is 50.2 Å². The highest BCUT2D eigenvalue weighted by Crippen LogP contribution is 2.24. The Morgan fingerprint density at radius 2 is 1.77 bits per heavy atom. The minimum Gasteiger partial charge on any atom is -0.496 e. The van der Waals surface area contributed by atoms with Crippen LogP contribution in [0.15, 0.2) is 41.5 Å². The molecule has 0 unspecified atom stereocenters. The van der Waals surface area contributed by atoms with Gasteiger partial charge in [-0.25, -0.2) is 5.43 Å². The van der Waals surface area contributed by atoms with Gasteiger partial charge in [0, 0.05) is 48.9 Å². The molecule has 2 amide bonds. The number of carbonyl (C=O) groups excluding carboxylic acids is 2. The maximum atomic E-state index is 12.1. The van der Waals surface area contributed by atoms with Crippen LogP contribution in [-0.4, -0.2) is 38.2 Å². The molecule has 2 aromatic rings. The fraction of sp³-hybridized carbons (Fsp3) is 0.375. The molecule has 0 radical (unpaired) electrons. The first-order valence-corrected chi connectivity index (χ1v) is 10.5. The number of methoxy groups -OCH3 is 1. The lowest BCUT2D eigenvalue weighted by atomic mass is 10.1. The SMILES string of the molecule is CCN(CC)c1ccc(C=NNC(=O)CCC(=O)Nc2cccc(C)c2C)c(OC)c1. The summed E-state index contributed by atoms with van der Waals surface area (Å²) in [5.74, 6) is 0.142. The molecule has 0 atom stereocenters. The van der Waals surface area contributed by atoms with Crippen molar-refractivity contribution in [1.29, 1.82) is 0 Å². The standard InChI is InChI=1S/C24H32N4O3/c1-6-28(7-2)20-12-11-19(22(15-20)31-5)16-25-27-24(30)14-13-23(29)26-21-10-8-9-17(3)18(21)4/h8-12,15-16H,6-7,13-14H2,1-5H3,(H,26,29)(H,27,30). The zero-order valence-corrected chi connectivity index (χ0v) is 19.0. The van der Waals surface area contributed by atoms with Crippen LogP contribution in [0.1, 0.15) is 43.4 Å². The van der Waals surface area contributed by atoms with Crippen molar-refractivity contribution in [3.05, 3.63) is 53.1 Å². The van der Waals surface area contributed by atoms with E-state index in [0.29, 0.717) is 5.75 Å². The number of carbonyl (C=O) groups is 2. The highest BCUT2D eigenvalue weighted by atomic mass is 16.5. The summed E-state index contributed by atoms with van der Waals surface area (Å²) >= 11 is 0. The first-order chi connectivity index (χ1) is 14.9. The molecule has 0 spiro atoms. The summed E-state index contributed by atoms with van der Waals surface area (Å²) in [4.78, 5) is 26.4. The van der Waals surface area contributed by atoms with Crippen LogP contribution in [0.5, 0.6) is 5.75 Å². The minimum absolute atomic E-state index is 0.0477. The number of nitrogens with one attached hydrogen (secondary N) is 2. The number of rotatable bonds is 10. The quantitative estimate of drug-likeness (QED) is 0.446. The number of hydrazone groups is 1. The first-order valence-electron chi connectivity index (χ1n) is 10.5. The van der Waals surface area contributed by atoms with Gasteiger partial charge in [-0.15, -0.1) is 0 Å². The van der Waals surface area contributed by atoms with Crippen molar-refractivity contribution in [2.45, 2.75) is 40.5 Å². The summed E-state index contributed by atoms with van der Waals surface area (Å²) in [7, 11) is 1.60. The number of amides is 2. The summed E-state index contributed by atoms with van der Waals surface area (Å²) in [6, 6.07) is 11.6. The Morgan fingerprint density at radius 1 is 1.06 bits per heavy atom.